The smallest absolute Gasteiger partial charge is 0.306 e. The van der Waals surface area contributed by atoms with Gasteiger partial charge in [-0.25, -0.2) is 0 Å². The quantitative estimate of drug-likeness (QED) is 0.786. The van der Waals surface area contributed by atoms with Crippen LogP contribution < -0.4 is 0 Å². The Morgan fingerprint density at radius 3 is 2.33 bits per heavy atom. The van der Waals surface area contributed by atoms with Gasteiger partial charge in [0.2, 0.25) is 5.91 Å². The molecule has 2 aliphatic rings. The number of carboxylic acid groups (broad SMARTS) is 1. The number of nitrogens with zero attached hydrogens (tertiary/aromatic N) is 2. The van der Waals surface area contributed by atoms with Crippen molar-refractivity contribution in [3.63, 3.8) is 0 Å². The van der Waals surface area contributed by atoms with Crippen molar-refractivity contribution < 1.29 is 14.7 Å². The zero-order chi connectivity index (χ0) is 13.3. The van der Waals surface area contributed by atoms with E-state index in [-0.39, 0.29) is 23.8 Å². The van der Waals surface area contributed by atoms with E-state index in [2.05, 4.69) is 4.90 Å². The second kappa shape index (κ2) is 5.26. The van der Waals surface area contributed by atoms with Gasteiger partial charge in [0.05, 0.1) is 11.8 Å². The van der Waals surface area contributed by atoms with E-state index >= 15 is 0 Å². The van der Waals surface area contributed by atoms with Crippen molar-refractivity contribution >= 4 is 11.9 Å². The molecule has 2 fully saturated rings. The number of hydrogen-bond acceptors (Lipinski definition) is 3. The first-order valence-corrected chi connectivity index (χ1v) is 6.71. The first-order valence-electron chi connectivity index (χ1n) is 6.71. The highest BCUT2D eigenvalue weighted by Gasteiger charge is 2.36. The van der Waals surface area contributed by atoms with Crippen LogP contribution in [0.3, 0.4) is 0 Å². The van der Waals surface area contributed by atoms with Crippen LogP contribution in [-0.2, 0) is 9.59 Å². The number of carbonyl (C=O) groups excluding carboxylic acids is 1. The molecule has 0 aromatic heterocycles. The van der Waals surface area contributed by atoms with Crippen LogP contribution in [0, 0.1) is 11.8 Å². The number of rotatable bonds is 2. The first-order chi connectivity index (χ1) is 8.49. The van der Waals surface area contributed by atoms with Crippen LogP contribution in [0.1, 0.15) is 26.2 Å². The van der Waals surface area contributed by atoms with Gasteiger partial charge in [-0.05, 0) is 39.8 Å². The van der Waals surface area contributed by atoms with Gasteiger partial charge in [-0.2, -0.15) is 0 Å². The molecule has 5 heteroatoms. The molecule has 0 saturated carbocycles. The van der Waals surface area contributed by atoms with Gasteiger partial charge in [0.15, 0.2) is 0 Å². The summed E-state index contributed by atoms with van der Waals surface area (Å²) in [6.45, 7) is 4.38. The Bertz CT molecular complexity index is 345. The lowest BCUT2D eigenvalue weighted by Crippen LogP contribution is -2.48. The van der Waals surface area contributed by atoms with Gasteiger partial charge >= 0.3 is 5.97 Å². The van der Waals surface area contributed by atoms with Gasteiger partial charge in [0.1, 0.15) is 0 Å². The average molecular weight is 254 g/mol. The Morgan fingerprint density at radius 2 is 1.83 bits per heavy atom. The molecule has 1 N–H and O–H groups in total. The van der Waals surface area contributed by atoms with E-state index in [9.17, 15) is 9.59 Å². The molecule has 3 unspecified atom stereocenters. The van der Waals surface area contributed by atoms with Crippen LogP contribution in [0.4, 0.5) is 0 Å². The van der Waals surface area contributed by atoms with Crippen molar-refractivity contribution in [2.45, 2.75) is 32.2 Å². The second-order valence-electron chi connectivity index (χ2n) is 5.69. The molecule has 0 aliphatic carbocycles. The molecule has 2 saturated heterocycles. The molecule has 0 spiro atoms. The average Bonchev–Trinajstić information content (AvgIpc) is 2.74. The highest BCUT2D eigenvalue weighted by molar-refractivity contribution is 5.80. The molecule has 1 amide bonds. The minimum Gasteiger partial charge on any atom is -0.481 e. The van der Waals surface area contributed by atoms with Crippen LogP contribution in [0.5, 0.6) is 0 Å². The molecule has 0 aromatic carbocycles. The van der Waals surface area contributed by atoms with Gasteiger partial charge in [-0.15, -0.1) is 0 Å². The molecule has 0 bridgehead atoms. The molecule has 2 rings (SSSR count). The van der Waals surface area contributed by atoms with Gasteiger partial charge in [0, 0.05) is 19.1 Å². The number of piperidine rings is 1. The highest BCUT2D eigenvalue weighted by atomic mass is 16.4. The van der Waals surface area contributed by atoms with E-state index in [1.54, 1.807) is 0 Å². The molecular formula is C13H22N2O3. The van der Waals surface area contributed by atoms with Crippen molar-refractivity contribution in [1.82, 2.24) is 9.80 Å². The van der Waals surface area contributed by atoms with Crippen molar-refractivity contribution in [1.29, 1.82) is 0 Å². The van der Waals surface area contributed by atoms with Crippen LogP contribution in [-0.4, -0.2) is 59.5 Å². The topological polar surface area (TPSA) is 60.9 Å². The van der Waals surface area contributed by atoms with E-state index in [0.29, 0.717) is 19.4 Å². The summed E-state index contributed by atoms with van der Waals surface area (Å²) in [5, 5.41) is 9.02. The molecule has 0 radical (unpaired) electrons. The zero-order valence-electron chi connectivity index (χ0n) is 11.1. The summed E-state index contributed by atoms with van der Waals surface area (Å²) in [5.41, 5.74) is 0. The van der Waals surface area contributed by atoms with Crippen molar-refractivity contribution in [3.05, 3.63) is 0 Å². The monoisotopic (exact) mass is 254 g/mol. The van der Waals surface area contributed by atoms with Gasteiger partial charge in [-0.3, -0.25) is 9.59 Å². The summed E-state index contributed by atoms with van der Waals surface area (Å²) >= 11 is 0. The summed E-state index contributed by atoms with van der Waals surface area (Å²) in [4.78, 5) is 27.4. The fraction of sp³-hybridized carbons (Fsp3) is 0.846. The van der Waals surface area contributed by atoms with E-state index in [0.717, 1.165) is 19.5 Å². The lowest BCUT2D eigenvalue weighted by molar-refractivity contribution is -0.148. The molecule has 18 heavy (non-hydrogen) atoms. The van der Waals surface area contributed by atoms with Crippen LogP contribution in [0.25, 0.3) is 0 Å². The van der Waals surface area contributed by atoms with Gasteiger partial charge < -0.3 is 14.9 Å². The summed E-state index contributed by atoms with van der Waals surface area (Å²) in [7, 11) is 2.04. The highest BCUT2D eigenvalue weighted by Crippen LogP contribution is 2.26. The fourth-order valence-corrected chi connectivity index (χ4v) is 3.09. The van der Waals surface area contributed by atoms with E-state index in [1.807, 2.05) is 18.9 Å². The third kappa shape index (κ3) is 2.66. The molecule has 3 atom stereocenters. The molecule has 2 heterocycles. The maximum absolute atomic E-state index is 12.4. The normalized spacial score (nSPS) is 33.7. The number of hydrogen-bond donors (Lipinski definition) is 1. The minimum absolute atomic E-state index is 0.0539. The van der Waals surface area contributed by atoms with Crippen molar-refractivity contribution in [2.75, 3.05) is 26.7 Å². The Kier molecular flexibility index (Phi) is 3.90. The standard InChI is InChI=1S/C13H22N2O3/c1-9-7-10(13(17)18)4-6-15(9)12(16)11-3-5-14(2)8-11/h9-11H,3-8H2,1-2H3,(H,17,18). The van der Waals surface area contributed by atoms with Gasteiger partial charge in [0.25, 0.3) is 0 Å². The number of amides is 1. The number of carboxylic acids is 1. The lowest BCUT2D eigenvalue weighted by Gasteiger charge is -2.37. The van der Waals surface area contributed by atoms with Crippen molar-refractivity contribution in [3.8, 4) is 0 Å². The summed E-state index contributed by atoms with van der Waals surface area (Å²) < 4.78 is 0. The third-order valence-electron chi connectivity index (χ3n) is 4.25. The van der Waals surface area contributed by atoms with E-state index in [4.69, 9.17) is 5.11 Å². The summed E-state index contributed by atoms with van der Waals surface area (Å²) in [5.74, 6) is -0.681. The molecule has 5 nitrogen and oxygen atoms in total. The third-order valence-corrected chi connectivity index (χ3v) is 4.25. The molecule has 2 aliphatic heterocycles. The maximum Gasteiger partial charge on any atom is 0.306 e. The Morgan fingerprint density at radius 1 is 1.17 bits per heavy atom. The van der Waals surface area contributed by atoms with Crippen LogP contribution >= 0.6 is 0 Å². The molecular weight excluding hydrogens is 232 g/mol. The fourth-order valence-electron chi connectivity index (χ4n) is 3.09. The molecule has 102 valence electrons. The van der Waals surface area contributed by atoms with Crippen LogP contribution in [0.2, 0.25) is 0 Å². The van der Waals surface area contributed by atoms with Crippen molar-refractivity contribution in [2.24, 2.45) is 11.8 Å². The largest absolute Gasteiger partial charge is 0.481 e. The second-order valence-corrected chi connectivity index (χ2v) is 5.69. The molecule has 0 aromatic rings. The predicted molar refractivity (Wildman–Crippen MR) is 67.1 cm³/mol. The first kappa shape index (κ1) is 13.3. The Balaban J connectivity index is 1.94. The minimum atomic E-state index is -0.727. The SMILES string of the molecule is CC1CC(C(=O)O)CCN1C(=O)C1CCN(C)C1. The Hall–Kier alpha value is -1.10. The Labute approximate surface area is 108 Å². The van der Waals surface area contributed by atoms with Gasteiger partial charge in [-0.1, -0.05) is 0 Å². The zero-order valence-corrected chi connectivity index (χ0v) is 11.1. The predicted octanol–water partition coefficient (Wildman–Crippen LogP) is 0.650. The van der Waals surface area contributed by atoms with E-state index < -0.39 is 5.97 Å². The summed E-state index contributed by atoms with van der Waals surface area (Å²) in [6.07, 6.45) is 2.11. The maximum atomic E-state index is 12.4. The number of aliphatic carboxylic acids is 1. The van der Waals surface area contributed by atoms with E-state index in [1.165, 1.54) is 0 Å². The number of likely N-dealkylation sites (tertiary alicyclic amines) is 2. The summed E-state index contributed by atoms with van der Waals surface area (Å²) in [6, 6.07) is 0.0539. The number of carbonyl (C=O) groups is 2. The van der Waals surface area contributed by atoms with Crippen LogP contribution in [0.15, 0.2) is 0 Å². The lowest BCUT2D eigenvalue weighted by atomic mass is 9.90.